The van der Waals surface area contributed by atoms with Crippen LogP contribution in [-0.4, -0.2) is 44.6 Å². The Labute approximate surface area is 162 Å². The quantitative estimate of drug-likeness (QED) is 0.735. The molecule has 1 aromatic carbocycles. The van der Waals surface area contributed by atoms with Crippen molar-refractivity contribution in [2.45, 2.75) is 51.5 Å². The number of ether oxygens (including phenoxy) is 1. The monoisotopic (exact) mass is 394 g/mol. The number of hydrogen-bond donors (Lipinski definition) is 1. The molecule has 1 fully saturated rings. The van der Waals surface area contributed by atoms with Gasteiger partial charge in [-0.3, -0.25) is 4.79 Å². The molecule has 0 spiro atoms. The summed E-state index contributed by atoms with van der Waals surface area (Å²) in [7, 11) is -1.75. The Balaban J connectivity index is 1.44. The molecule has 0 unspecified atom stereocenters. The Morgan fingerprint density at radius 3 is 2.78 bits per heavy atom. The lowest BCUT2D eigenvalue weighted by molar-refractivity contribution is -0.121. The van der Waals surface area contributed by atoms with E-state index in [1.165, 1.54) is 30.0 Å². The standard InChI is InChI=1S/C20H30N2O4S/c1-26-19-8-7-18-15-22(12-10-17(18)14-19)27(24,25)13-11-21-20(23)9-6-16-4-2-3-5-16/h7-8,14,16H,2-6,9-13,15H2,1H3,(H,21,23). The van der Waals surface area contributed by atoms with E-state index in [-0.39, 0.29) is 18.2 Å². The van der Waals surface area contributed by atoms with Gasteiger partial charge in [-0.25, -0.2) is 8.42 Å². The van der Waals surface area contributed by atoms with Crippen molar-refractivity contribution in [3.8, 4) is 5.75 Å². The maximum absolute atomic E-state index is 12.6. The molecule has 1 aliphatic carbocycles. The van der Waals surface area contributed by atoms with Gasteiger partial charge in [-0.05, 0) is 42.0 Å². The first kappa shape index (κ1) is 20.1. The summed E-state index contributed by atoms with van der Waals surface area (Å²) in [5.74, 6) is 1.39. The molecule has 1 saturated carbocycles. The fourth-order valence-electron chi connectivity index (χ4n) is 4.04. The number of hydrogen-bond acceptors (Lipinski definition) is 4. The molecule has 0 bridgehead atoms. The van der Waals surface area contributed by atoms with Gasteiger partial charge >= 0.3 is 0 Å². The Kier molecular flexibility index (Phi) is 6.76. The molecular weight excluding hydrogens is 364 g/mol. The first-order valence-corrected chi connectivity index (χ1v) is 11.5. The van der Waals surface area contributed by atoms with E-state index in [0.29, 0.717) is 31.8 Å². The van der Waals surface area contributed by atoms with Crippen molar-refractivity contribution in [2.24, 2.45) is 5.92 Å². The summed E-state index contributed by atoms with van der Waals surface area (Å²) in [4.78, 5) is 12.0. The van der Waals surface area contributed by atoms with Crippen molar-refractivity contribution in [1.82, 2.24) is 9.62 Å². The van der Waals surface area contributed by atoms with Crippen LogP contribution in [-0.2, 0) is 27.8 Å². The molecule has 1 aliphatic heterocycles. The molecule has 150 valence electrons. The third kappa shape index (κ3) is 5.45. The molecule has 0 radical (unpaired) electrons. The highest BCUT2D eigenvalue weighted by molar-refractivity contribution is 7.89. The molecular formula is C20H30N2O4S. The van der Waals surface area contributed by atoms with Crippen molar-refractivity contribution in [3.63, 3.8) is 0 Å². The fraction of sp³-hybridized carbons (Fsp3) is 0.650. The van der Waals surface area contributed by atoms with E-state index < -0.39 is 10.0 Å². The van der Waals surface area contributed by atoms with Gasteiger partial charge in [0.05, 0.1) is 12.9 Å². The van der Waals surface area contributed by atoms with Gasteiger partial charge in [0, 0.05) is 26.1 Å². The van der Waals surface area contributed by atoms with Crippen LogP contribution in [0, 0.1) is 5.92 Å². The van der Waals surface area contributed by atoms with Gasteiger partial charge in [0.25, 0.3) is 0 Å². The van der Waals surface area contributed by atoms with Crippen LogP contribution in [0.5, 0.6) is 5.75 Å². The van der Waals surface area contributed by atoms with Gasteiger partial charge in [0.2, 0.25) is 15.9 Å². The average molecular weight is 395 g/mol. The van der Waals surface area contributed by atoms with E-state index in [9.17, 15) is 13.2 Å². The number of amides is 1. The number of carbonyl (C=O) groups excluding carboxylic acids is 1. The third-order valence-corrected chi connectivity index (χ3v) is 7.54. The molecule has 0 atom stereocenters. The molecule has 1 amide bonds. The highest BCUT2D eigenvalue weighted by Gasteiger charge is 2.26. The van der Waals surface area contributed by atoms with Crippen molar-refractivity contribution in [1.29, 1.82) is 0 Å². The number of sulfonamides is 1. The lowest BCUT2D eigenvalue weighted by Crippen LogP contribution is -2.40. The van der Waals surface area contributed by atoms with Crippen LogP contribution in [0.1, 0.15) is 49.7 Å². The normalized spacial score (nSPS) is 18.3. The van der Waals surface area contributed by atoms with Crippen molar-refractivity contribution < 1.29 is 17.9 Å². The first-order valence-electron chi connectivity index (χ1n) is 9.88. The summed E-state index contributed by atoms with van der Waals surface area (Å²) in [5, 5.41) is 2.77. The molecule has 0 saturated heterocycles. The number of nitrogens with zero attached hydrogens (tertiary/aromatic N) is 1. The predicted molar refractivity (Wildman–Crippen MR) is 105 cm³/mol. The van der Waals surface area contributed by atoms with E-state index in [1.54, 1.807) is 7.11 Å². The number of methoxy groups -OCH3 is 1. The maximum atomic E-state index is 12.6. The summed E-state index contributed by atoms with van der Waals surface area (Å²) < 4.78 is 32.0. The second kappa shape index (κ2) is 9.06. The zero-order chi connectivity index (χ0) is 19.3. The van der Waals surface area contributed by atoms with Crippen LogP contribution in [0.15, 0.2) is 18.2 Å². The molecule has 0 aromatic heterocycles. The largest absolute Gasteiger partial charge is 0.497 e. The number of fused-ring (bicyclic) bond motifs is 1. The lowest BCUT2D eigenvalue weighted by atomic mass is 10.0. The van der Waals surface area contributed by atoms with E-state index >= 15 is 0 Å². The molecule has 2 aliphatic rings. The number of carbonyl (C=O) groups is 1. The summed E-state index contributed by atoms with van der Waals surface area (Å²) in [5.41, 5.74) is 2.16. The second-order valence-corrected chi connectivity index (χ2v) is 9.66. The van der Waals surface area contributed by atoms with Crippen molar-refractivity contribution in [3.05, 3.63) is 29.3 Å². The van der Waals surface area contributed by atoms with Gasteiger partial charge < -0.3 is 10.1 Å². The maximum Gasteiger partial charge on any atom is 0.220 e. The van der Waals surface area contributed by atoms with Crippen molar-refractivity contribution >= 4 is 15.9 Å². The molecule has 6 nitrogen and oxygen atoms in total. The van der Waals surface area contributed by atoms with Gasteiger partial charge in [0.15, 0.2) is 0 Å². The summed E-state index contributed by atoms with van der Waals surface area (Å²) >= 11 is 0. The number of rotatable bonds is 8. The molecule has 3 rings (SSSR count). The van der Waals surface area contributed by atoms with E-state index in [0.717, 1.165) is 23.3 Å². The Morgan fingerprint density at radius 2 is 2.04 bits per heavy atom. The zero-order valence-electron chi connectivity index (χ0n) is 16.1. The van der Waals surface area contributed by atoms with E-state index in [1.807, 2.05) is 18.2 Å². The lowest BCUT2D eigenvalue weighted by Gasteiger charge is -2.28. The van der Waals surface area contributed by atoms with Crippen molar-refractivity contribution in [2.75, 3.05) is 26.0 Å². The van der Waals surface area contributed by atoms with Crippen LogP contribution in [0.3, 0.4) is 0 Å². The molecule has 27 heavy (non-hydrogen) atoms. The minimum atomic E-state index is -3.38. The third-order valence-electron chi connectivity index (χ3n) is 5.72. The van der Waals surface area contributed by atoms with Crippen LogP contribution in [0.4, 0.5) is 0 Å². The summed E-state index contributed by atoms with van der Waals surface area (Å²) in [6.45, 7) is 1.03. The van der Waals surface area contributed by atoms with Gasteiger partial charge in [-0.2, -0.15) is 4.31 Å². The highest BCUT2D eigenvalue weighted by Crippen LogP contribution is 2.28. The minimum absolute atomic E-state index is 0.0341. The smallest absolute Gasteiger partial charge is 0.220 e. The second-order valence-electron chi connectivity index (χ2n) is 7.57. The molecule has 1 heterocycles. The van der Waals surface area contributed by atoms with Gasteiger partial charge in [0.1, 0.15) is 5.75 Å². The number of nitrogens with one attached hydrogen (secondary N) is 1. The first-order chi connectivity index (χ1) is 13.0. The minimum Gasteiger partial charge on any atom is -0.497 e. The molecule has 1 aromatic rings. The summed E-state index contributed by atoms with van der Waals surface area (Å²) in [6.07, 6.45) is 7.11. The SMILES string of the molecule is COc1ccc2c(c1)CCN(S(=O)(=O)CCNC(=O)CCC1CCCC1)C2. The van der Waals surface area contributed by atoms with Gasteiger partial charge in [-0.1, -0.05) is 31.7 Å². The van der Waals surface area contributed by atoms with Crippen LogP contribution in [0.25, 0.3) is 0 Å². The Morgan fingerprint density at radius 1 is 1.26 bits per heavy atom. The van der Waals surface area contributed by atoms with Crippen LogP contribution < -0.4 is 10.1 Å². The van der Waals surface area contributed by atoms with E-state index in [2.05, 4.69) is 5.32 Å². The Hall–Kier alpha value is -1.60. The Bertz CT molecular complexity index is 757. The number of benzene rings is 1. The van der Waals surface area contributed by atoms with E-state index in [4.69, 9.17) is 4.74 Å². The molecule has 7 heteroatoms. The fourth-order valence-corrected chi connectivity index (χ4v) is 5.36. The molecule has 1 N–H and O–H groups in total. The predicted octanol–water partition coefficient (Wildman–Crippen LogP) is 2.47. The zero-order valence-corrected chi connectivity index (χ0v) is 16.9. The average Bonchev–Trinajstić information content (AvgIpc) is 3.19. The highest BCUT2D eigenvalue weighted by atomic mass is 32.2. The van der Waals surface area contributed by atoms with Gasteiger partial charge in [-0.15, -0.1) is 0 Å². The summed E-state index contributed by atoms with van der Waals surface area (Å²) in [6, 6.07) is 5.77. The topological polar surface area (TPSA) is 75.7 Å². The van der Waals surface area contributed by atoms with Crippen LogP contribution >= 0.6 is 0 Å². The van der Waals surface area contributed by atoms with Crippen LogP contribution in [0.2, 0.25) is 0 Å².